The number of likely N-dealkylation sites (tertiary alicyclic amines) is 1. The first-order valence-electron chi connectivity index (χ1n) is 12.7. The van der Waals surface area contributed by atoms with Gasteiger partial charge in [0.2, 0.25) is 0 Å². The van der Waals surface area contributed by atoms with Crippen LogP contribution >= 0.6 is 37.2 Å². The van der Waals surface area contributed by atoms with Crippen LogP contribution in [0.2, 0.25) is 0 Å². The fourth-order valence-electron chi connectivity index (χ4n) is 6.45. The quantitative estimate of drug-likeness (QED) is 0.480. The number of aromatic nitrogens is 2. The van der Waals surface area contributed by atoms with E-state index in [0.717, 1.165) is 13.1 Å². The van der Waals surface area contributed by atoms with Crippen LogP contribution in [0.4, 0.5) is 0 Å². The minimum absolute atomic E-state index is 0. The van der Waals surface area contributed by atoms with Crippen molar-refractivity contribution in [1.29, 1.82) is 0 Å². The van der Waals surface area contributed by atoms with Gasteiger partial charge in [-0.25, -0.2) is 4.98 Å². The molecular formula is C26H43Cl3N4. The zero-order valence-corrected chi connectivity index (χ0v) is 22.6. The number of hydrogen-bond acceptors (Lipinski definition) is 3. The van der Waals surface area contributed by atoms with Crippen LogP contribution in [0.15, 0.2) is 24.3 Å². The topological polar surface area (TPSA) is 33.1 Å². The molecule has 3 heterocycles. The molecule has 1 aliphatic carbocycles. The Balaban J connectivity index is 0.00000128. The molecule has 0 radical (unpaired) electrons. The highest BCUT2D eigenvalue weighted by Crippen LogP contribution is 2.38. The molecule has 1 N–H and O–H groups in total. The van der Waals surface area contributed by atoms with Crippen molar-refractivity contribution in [2.45, 2.75) is 95.1 Å². The molecule has 33 heavy (non-hydrogen) atoms. The molecule has 3 aliphatic rings. The Bertz CT molecular complexity index is 833. The molecule has 0 bridgehead atoms. The zero-order valence-electron chi connectivity index (χ0n) is 20.1. The molecule has 1 aromatic heterocycles. The summed E-state index contributed by atoms with van der Waals surface area (Å²) in [6, 6.07) is 9.43. The first-order chi connectivity index (χ1) is 14.7. The Labute approximate surface area is 218 Å². The monoisotopic (exact) mass is 516 g/mol. The first-order valence-corrected chi connectivity index (χ1v) is 12.7. The van der Waals surface area contributed by atoms with Gasteiger partial charge in [0.05, 0.1) is 11.0 Å². The van der Waals surface area contributed by atoms with E-state index < -0.39 is 0 Å². The van der Waals surface area contributed by atoms with Crippen molar-refractivity contribution in [3.05, 3.63) is 30.1 Å². The van der Waals surface area contributed by atoms with Gasteiger partial charge in [-0.3, -0.25) is 4.90 Å². The number of hydrogen-bond donors (Lipinski definition) is 1. The van der Waals surface area contributed by atoms with E-state index in [9.17, 15) is 0 Å². The summed E-state index contributed by atoms with van der Waals surface area (Å²) >= 11 is 0. The molecule has 1 unspecified atom stereocenters. The van der Waals surface area contributed by atoms with E-state index in [1.807, 2.05) is 0 Å². The van der Waals surface area contributed by atoms with Crippen LogP contribution in [0.25, 0.3) is 11.0 Å². The van der Waals surface area contributed by atoms with E-state index in [0.29, 0.717) is 17.5 Å². The second kappa shape index (κ2) is 13.0. The lowest BCUT2D eigenvalue weighted by Gasteiger charge is -2.46. The van der Waals surface area contributed by atoms with Crippen molar-refractivity contribution in [3.8, 4) is 0 Å². The third kappa shape index (κ3) is 6.19. The Hall–Kier alpha value is -0.520. The number of piperidine rings is 2. The molecule has 5 rings (SSSR count). The van der Waals surface area contributed by atoms with Crippen LogP contribution in [0.1, 0.15) is 95.3 Å². The number of nitrogens with one attached hydrogen (secondary N) is 1. The number of fused-ring (bicyclic) bond motifs is 1. The van der Waals surface area contributed by atoms with Crippen molar-refractivity contribution in [2.24, 2.45) is 0 Å². The third-order valence-electron chi connectivity index (χ3n) is 8.31. The number of halogens is 3. The normalized spacial score (nSPS) is 24.6. The highest BCUT2D eigenvalue weighted by Gasteiger charge is 2.36. The molecule has 3 fully saturated rings. The molecule has 7 heteroatoms. The van der Waals surface area contributed by atoms with Gasteiger partial charge in [0.15, 0.2) is 0 Å². The standard InChI is InChI=1S/C26H40N4.3ClH/c1-26(15-7-3-2-4-8-16-26)29-18-13-22(14-19-29)30-24-12-6-5-11-23(24)28-25(30)21-10-9-17-27-20-21;;;/h5-6,11-12,21-22,27H,2-4,7-10,13-20H2,1H3;3*1H. The first kappa shape index (κ1) is 28.7. The van der Waals surface area contributed by atoms with Crippen LogP contribution in [0.3, 0.4) is 0 Å². The fraction of sp³-hybridized carbons (Fsp3) is 0.731. The third-order valence-corrected chi connectivity index (χ3v) is 8.31. The molecule has 4 nitrogen and oxygen atoms in total. The number of nitrogens with zero attached hydrogens (tertiary/aromatic N) is 3. The lowest BCUT2D eigenvalue weighted by molar-refractivity contribution is 0.0435. The second-order valence-electron chi connectivity index (χ2n) is 10.4. The summed E-state index contributed by atoms with van der Waals surface area (Å²) in [5, 5.41) is 3.61. The van der Waals surface area contributed by atoms with Gasteiger partial charge in [-0.05, 0) is 64.1 Å². The van der Waals surface area contributed by atoms with Crippen molar-refractivity contribution in [3.63, 3.8) is 0 Å². The van der Waals surface area contributed by atoms with Crippen molar-refractivity contribution >= 4 is 48.3 Å². The largest absolute Gasteiger partial charge is 0.324 e. The average molecular weight is 518 g/mol. The van der Waals surface area contributed by atoms with Gasteiger partial charge in [-0.15, -0.1) is 37.2 Å². The lowest BCUT2D eigenvalue weighted by Crippen LogP contribution is -2.50. The van der Waals surface area contributed by atoms with E-state index in [4.69, 9.17) is 4.98 Å². The maximum absolute atomic E-state index is 5.17. The molecule has 188 valence electrons. The molecule has 1 atom stereocenters. The maximum Gasteiger partial charge on any atom is 0.114 e. The van der Waals surface area contributed by atoms with Crippen LogP contribution in [0, 0.1) is 0 Å². The Kier molecular flexibility index (Phi) is 11.3. The summed E-state index contributed by atoms with van der Waals surface area (Å²) < 4.78 is 2.66. The summed E-state index contributed by atoms with van der Waals surface area (Å²) in [5.74, 6) is 1.91. The number of para-hydroxylation sites is 2. The van der Waals surface area contributed by atoms with Crippen LogP contribution in [-0.4, -0.2) is 46.2 Å². The highest BCUT2D eigenvalue weighted by molar-refractivity contribution is 5.86. The minimum Gasteiger partial charge on any atom is -0.324 e. The number of imidazole rings is 1. The molecule has 1 aromatic carbocycles. The Morgan fingerprint density at radius 2 is 1.55 bits per heavy atom. The van der Waals surface area contributed by atoms with Crippen LogP contribution in [0.5, 0.6) is 0 Å². The predicted octanol–water partition coefficient (Wildman–Crippen LogP) is 6.91. The highest BCUT2D eigenvalue weighted by atomic mass is 35.5. The fourth-order valence-corrected chi connectivity index (χ4v) is 6.45. The van der Waals surface area contributed by atoms with Gasteiger partial charge in [0.1, 0.15) is 5.82 Å². The van der Waals surface area contributed by atoms with Gasteiger partial charge in [-0.1, -0.05) is 44.2 Å². The van der Waals surface area contributed by atoms with E-state index >= 15 is 0 Å². The molecule has 1 saturated carbocycles. The van der Waals surface area contributed by atoms with E-state index in [1.54, 1.807) is 0 Å². The van der Waals surface area contributed by atoms with Gasteiger partial charge in [0, 0.05) is 37.1 Å². The lowest BCUT2D eigenvalue weighted by atomic mass is 9.82. The van der Waals surface area contributed by atoms with Gasteiger partial charge in [-0.2, -0.15) is 0 Å². The van der Waals surface area contributed by atoms with E-state index in [2.05, 4.69) is 46.0 Å². The van der Waals surface area contributed by atoms with Crippen LogP contribution in [-0.2, 0) is 0 Å². The maximum atomic E-state index is 5.17. The smallest absolute Gasteiger partial charge is 0.114 e. The summed E-state index contributed by atoms with van der Waals surface area (Å²) in [6.07, 6.45) is 15.0. The molecule has 2 saturated heterocycles. The van der Waals surface area contributed by atoms with Crippen molar-refractivity contribution < 1.29 is 0 Å². The van der Waals surface area contributed by atoms with Gasteiger partial charge in [0.25, 0.3) is 0 Å². The predicted molar refractivity (Wildman–Crippen MR) is 147 cm³/mol. The Morgan fingerprint density at radius 1 is 0.879 bits per heavy atom. The number of benzene rings is 1. The summed E-state index contributed by atoms with van der Waals surface area (Å²) in [5.41, 5.74) is 2.97. The van der Waals surface area contributed by atoms with Crippen molar-refractivity contribution in [1.82, 2.24) is 19.8 Å². The molecule has 2 aliphatic heterocycles. The molecule has 2 aromatic rings. The Morgan fingerprint density at radius 3 is 2.21 bits per heavy atom. The second-order valence-corrected chi connectivity index (χ2v) is 10.4. The zero-order chi connectivity index (χ0) is 20.4. The summed E-state index contributed by atoms with van der Waals surface area (Å²) in [6.45, 7) is 7.30. The van der Waals surface area contributed by atoms with E-state index in [1.165, 1.54) is 101 Å². The van der Waals surface area contributed by atoms with Gasteiger partial charge < -0.3 is 9.88 Å². The molecule has 0 spiro atoms. The van der Waals surface area contributed by atoms with Crippen molar-refractivity contribution in [2.75, 3.05) is 26.2 Å². The molecular weight excluding hydrogens is 475 g/mol. The van der Waals surface area contributed by atoms with E-state index in [-0.39, 0.29) is 37.2 Å². The van der Waals surface area contributed by atoms with Crippen LogP contribution < -0.4 is 5.32 Å². The average Bonchev–Trinajstić information content (AvgIpc) is 3.17. The minimum atomic E-state index is 0. The summed E-state index contributed by atoms with van der Waals surface area (Å²) in [7, 11) is 0. The SMILES string of the molecule is CC1(N2CCC(n3c(C4CCCNC4)nc4ccccc43)CC2)CCCCCCC1.Cl.Cl.Cl. The summed E-state index contributed by atoms with van der Waals surface area (Å²) in [4.78, 5) is 8.02. The number of rotatable bonds is 3. The molecule has 0 amide bonds. The van der Waals surface area contributed by atoms with Gasteiger partial charge >= 0.3 is 0 Å².